The highest BCUT2D eigenvalue weighted by Gasteiger charge is 2.15. The monoisotopic (exact) mass is 324 g/mol. The second-order valence-electron chi connectivity index (χ2n) is 2.41. The van der Waals surface area contributed by atoms with Crippen molar-refractivity contribution in [2.24, 2.45) is 0 Å². The van der Waals surface area contributed by atoms with Crippen molar-refractivity contribution in [2.75, 3.05) is 0 Å². The summed E-state index contributed by atoms with van der Waals surface area (Å²) in [6, 6.07) is 3.02. The summed E-state index contributed by atoms with van der Waals surface area (Å²) in [4.78, 5) is 3.52. The average molecular weight is 326 g/mol. The minimum atomic E-state index is -2.66. The molecule has 14 heavy (non-hydrogen) atoms. The zero-order valence-electron chi connectivity index (χ0n) is 6.77. The van der Waals surface area contributed by atoms with Gasteiger partial charge >= 0.3 is 0 Å². The van der Waals surface area contributed by atoms with E-state index in [2.05, 4.69) is 36.8 Å². The largest absolute Gasteiger partial charge is 0.280 e. The molecule has 0 N–H and O–H groups in total. The summed E-state index contributed by atoms with van der Waals surface area (Å²) in [5.74, 6) is 0. The van der Waals surface area contributed by atoms with Gasteiger partial charge in [-0.2, -0.15) is 5.26 Å². The zero-order valence-corrected chi connectivity index (χ0v) is 9.94. The van der Waals surface area contributed by atoms with E-state index in [1.54, 1.807) is 6.07 Å². The maximum absolute atomic E-state index is 12.3. The van der Waals surface area contributed by atoms with Crippen LogP contribution in [0.1, 0.15) is 23.4 Å². The molecule has 0 saturated heterocycles. The number of rotatable bonds is 2. The molecule has 0 aliphatic heterocycles. The molecule has 1 aromatic heterocycles. The number of alkyl halides is 3. The van der Waals surface area contributed by atoms with Crippen LogP contribution in [0.15, 0.2) is 10.5 Å². The Morgan fingerprint density at radius 3 is 2.64 bits per heavy atom. The van der Waals surface area contributed by atoms with Gasteiger partial charge in [-0.25, -0.2) is 13.8 Å². The Morgan fingerprint density at radius 2 is 2.21 bits per heavy atom. The van der Waals surface area contributed by atoms with Crippen molar-refractivity contribution in [3.8, 4) is 6.07 Å². The predicted molar refractivity (Wildman–Crippen MR) is 54.2 cm³/mol. The Morgan fingerprint density at radius 1 is 1.57 bits per heavy atom. The maximum atomic E-state index is 12.3. The first kappa shape index (κ1) is 11.5. The number of hydrogen-bond donors (Lipinski definition) is 0. The minimum absolute atomic E-state index is 0.0164. The van der Waals surface area contributed by atoms with E-state index in [4.69, 9.17) is 5.26 Å². The van der Waals surface area contributed by atoms with Gasteiger partial charge in [0.25, 0.3) is 6.43 Å². The minimum Gasteiger partial charge on any atom is -0.235 e. The van der Waals surface area contributed by atoms with Crippen LogP contribution in [0.25, 0.3) is 0 Å². The summed E-state index contributed by atoms with van der Waals surface area (Å²) in [7, 11) is 0. The van der Waals surface area contributed by atoms with E-state index in [9.17, 15) is 8.78 Å². The molecule has 0 aliphatic carbocycles. The van der Waals surface area contributed by atoms with Gasteiger partial charge in [-0.05, 0) is 27.6 Å². The molecule has 1 aromatic rings. The van der Waals surface area contributed by atoms with Gasteiger partial charge in [0.2, 0.25) is 0 Å². The first-order chi connectivity index (χ1) is 6.60. The number of hydrogen-bond acceptors (Lipinski definition) is 2. The fraction of sp³-hybridized carbons (Fsp3) is 0.250. The van der Waals surface area contributed by atoms with Crippen LogP contribution in [0.5, 0.6) is 0 Å². The second kappa shape index (κ2) is 4.80. The number of nitrogens with zero attached hydrogens (tertiary/aromatic N) is 2. The van der Waals surface area contributed by atoms with Crippen LogP contribution in [0.4, 0.5) is 8.78 Å². The molecule has 0 unspecified atom stereocenters. The Labute approximate surface area is 96.2 Å². The molecule has 0 bridgehead atoms. The van der Waals surface area contributed by atoms with Crippen LogP contribution in [0.3, 0.4) is 0 Å². The van der Waals surface area contributed by atoms with Gasteiger partial charge in [0.15, 0.2) is 5.69 Å². The lowest BCUT2D eigenvalue weighted by atomic mass is 10.2. The van der Waals surface area contributed by atoms with Crippen LogP contribution in [-0.4, -0.2) is 4.98 Å². The van der Waals surface area contributed by atoms with Gasteiger partial charge in [-0.1, -0.05) is 15.9 Å². The topological polar surface area (TPSA) is 36.7 Å². The first-order valence-corrected chi connectivity index (χ1v) is 5.45. The van der Waals surface area contributed by atoms with Gasteiger partial charge in [0, 0.05) is 5.33 Å². The van der Waals surface area contributed by atoms with Crippen molar-refractivity contribution >= 4 is 31.9 Å². The van der Waals surface area contributed by atoms with Crippen molar-refractivity contribution in [1.29, 1.82) is 5.26 Å². The molecule has 1 heterocycles. The first-order valence-electron chi connectivity index (χ1n) is 3.53. The van der Waals surface area contributed by atoms with E-state index in [0.29, 0.717) is 15.4 Å². The third kappa shape index (κ3) is 2.28. The second-order valence-corrected chi connectivity index (χ2v) is 3.77. The van der Waals surface area contributed by atoms with Crippen LogP contribution in [-0.2, 0) is 5.33 Å². The zero-order chi connectivity index (χ0) is 10.7. The van der Waals surface area contributed by atoms with Crippen molar-refractivity contribution < 1.29 is 8.78 Å². The van der Waals surface area contributed by atoms with Gasteiger partial charge < -0.3 is 0 Å². The fourth-order valence-corrected chi connectivity index (χ4v) is 2.14. The highest BCUT2D eigenvalue weighted by Crippen LogP contribution is 2.27. The SMILES string of the molecule is N#Cc1nc(C(F)F)cc(CBr)c1Br. The third-order valence-electron chi connectivity index (χ3n) is 1.53. The van der Waals surface area contributed by atoms with Crippen LogP contribution < -0.4 is 0 Å². The van der Waals surface area contributed by atoms with Crippen molar-refractivity contribution in [3.05, 3.63) is 27.5 Å². The highest BCUT2D eigenvalue weighted by molar-refractivity contribution is 9.10. The molecular formula is C8H4Br2F2N2. The third-order valence-corrected chi connectivity index (χ3v) is 3.02. The number of aromatic nitrogens is 1. The molecular weight excluding hydrogens is 322 g/mol. The van der Waals surface area contributed by atoms with E-state index >= 15 is 0 Å². The average Bonchev–Trinajstić information content (AvgIpc) is 2.17. The van der Waals surface area contributed by atoms with Gasteiger partial charge in [0.1, 0.15) is 11.8 Å². The highest BCUT2D eigenvalue weighted by atomic mass is 79.9. The lowest BCUT2D eigenvalue weighted by Crippen LogP contribution is -1.97. The quantitative estimate of drug-likeness (QED) is 0.780. The van der Waals surface area contributed by atoms with E-state index in [1.807, 2.05) is 0 Å². The molecule has 0 fully saturated rings. The van der Waals surface area contributed by atoms with Gasteiger partial charge in [0.05, 0.1) is 4.47 Å². The normalized spacial score (nSPS) is 10.3. The summed E-state index contributed by atoms with van der Waals surface area (Å²) in [5, 5.41) is 9.04. The number of halogens is 4. The number of nitriles is 1. The molecule has 6 heteroatoms. The predicted octanol–water partition coefficient (Wildman–Crippen LogP) is 3.55. The van der Waals surface area contributed by atoms with Crippen LogP contribution in [0.2, 0.25) is 0 Å². The Kier molecular flexibility index (Phi) is 3.96. The number of pyridine rings is 1. The lowest BCUT2D eigenvalue weighted by Gasteiger charge is -2.05. The molecule has 0 spiro atoms. The molecule has 0 atom stereocenters. The van der Waals surface area contributed by atoms with Crippen molar-refractivity contribution in [1.82, 2.24) is 4.98 Å². The molecule has 0 radical (unpaired) electrons. The summed E-state index contributed by atoms with van der Waals surface area (Å²) in [6.07, 6.45) is -2.66. The van der Waals surface area contributed by atoms with Crippen LogP contribution >= 0.6 is 31.9 Å². The van der Waals surface area contributed by atoms with E-state index in [-0.39, 0.29) is 11.4 Å². The Bertz CT molecular complexity index is 388. The van der Waals surface area contributed by atoms with Gasteiger partial charge in [-0.15, -0.1) is 0 Å². The summed E-state index contributed by atoms with van der Waals surface area (Å²) in [5.41, 5.74) is 0.198. The molecule has 1 rings (SSSR count). The Balaban J connectivity index is 3.34. The van der Waals surface area contributed by atoms with E-state index in [1.165, 1.54) is 6.07 Å². The summed E-state index contributed by atoms with van der Waals surface area (Å²) < 4.78 is 25.1. The summed E-state index contributed by atoms with van der Waals surface area (Å²) >= 11 is 6.27. The van der Waals surface area contributed by atoms with Crippen molar-refractivity contribution in [3.63, 3.8) is 0 Å². The molecule has 0 aliphatic rings. The lowest BCUT2D eigenvalue weighted by molar-refractivity contribution is 0.146. The summed E-state index contributed by atoms with van der Waals surface area (Å²) in [6.45, 7) is 0. The van der Waals surface area contributed by atoms with Crippen molar-refractivity contribution in [2.45, 2.75) is 11.8 Å². The Hall–Kier alpha value is -0.540. The fourth-order valence-electron chi connectivity index (χ4n) is 0.888. The molecule has 0 amide bonds. The molecule has 0 aromatic carbocycles. The van der Waals surface area contributed by atoms with E-state index < -0.39 is 6.43 Å². The van der Waals surface area contributed by atoms with Crippen LogP contribution in [0, 0.1) is 11.3 Å². The van der Waals surface area contributed by atoms with Gasteiger partial charge in [-0.3, -0.25) is 0 Å². The standard InChI is InChI=1S/C8H4Br2F2N2/c9-2-4-1-5(8(11)12)14-6(3-13)7(4)10/h1,8H,2H2. The smallest absolute Gasteiger partial charge is 0.235 e. The van der Waals surface area contributed by atoms with E-state index in [0.717, 1.165) is 0 Å². The molecule has 74 valence electrons. The molecule has 2 nitrogen and oxygen atoms in total. The molecule has 0 saturated carbocycles. The maximum Gasteiger partial charge on any atom is 0.280 e.